The van der Waals surface area contributed by atoms with Crippen LogP contribution in [0.5, 0.6) is 0 Å². The molecule has 3 rings (SSSR count). The third-order valence-corrected chi connectivity index (χ3v) is 6.20. The van der Waals surface area contributed by atoms with Crippen molar-refractivity contribution >= 4 is 51.0 Å². The maximum absolute atomic E-state index is 12.2. The number of nitrogens with zero attached hydrogens (tertiary/aromatic N) is 5. The molecule has 29 heavy (non-hydrogen) atoms. The molecule has 0 fully saturated rings. The van der Waals surface area contributed by atoms with E-state index in [0.29, 0.717) is 5.75 Å². The van der Waals surface area contributed by atoms with Crippen molar-refractivity contribution in [3.8, 4) is 0 Å². The van der Waals surface area contributed by atoms with Gasteiger partial charge in [0.2, 0.25) is 5.91 Å². The third-order valence-electron chi connectivity index (χ3n) is 3.86. The molecule has 0 radical (unpaired) electrons. The molecular weight excluding hydrogens is 472 g/mol. The number of halogens is 1. The zero-order chi connectivity index (χ0) is 20.8. The van der Waals surface area contributed by atoms with Gasteiger partial charge in [-0.25, -0.2) is 9.97 Å². The second kappa shape index (κ2) is 10.2. The number of anilines is 1. The molecule has 2 heterocycles. The average Bonchev–Trinajstić information content (AvgIpc) is 3.07. The fourth-order valence-corrected chi connectivity index (χ4v) is 4.57. The molecule has 10 heteroatoms. The molecule has 0 bridgehead atoms. The fourth-order valence-electron chi connectivity index (χ4n) is 2.60. The number of aryl methyl sites for hydroxylation is 2. The number of aromatic nitrogens is 5. The Balaban J connectivity index is 1.58. The first-order valence-electron chi connectivity index (χ1n) is 9.00. The summed E-state index contributed by atoms with van der Waals surface area (Å²) in [6.45, 7) is 6.69. The molecule has 1 amide bonds. The van der Waals surface area contributed by atoms with Crippen molar-refractivity contribution < 1.29 is 4.79 Å². The summed E-state index contributed by atoms with van der Waals surface area (Å²) in [6, 6.07) is 9.43. The zero-order valence-corrected chi connectivity index (χ0v) is 19.6. The predicted molar refractivity (Wildman–Crippen MR) is 120 cm³/mol. The maximum Gasteiger partial charge on any atom is 0.234 e. The van der Waals surface area contributed by atoms with Crippen LogP contribution in [0.4, 0.5) is 5.69 Å². The molecule has 1 aromatic carbocycles. The summed E-state index contributed by atoms with van der Waals surface area (Å²) in [5.41, 5.74) is 2.66. The van der Waals surface area contributed by atoms with Gasteiger partial charge in [0.15, 0.2) is 10.3 Å². The van der Waals surface area contributed by atoms with Crippen LogP contribution >= 0.6 is 39.5 Å². The van der Waals surface area contributed by atoms with Gasteiger partial charge in [-0.05, 0) is 51.1 Å². The maximum atomic E-state index is 12.2. The van der Waals surface area contributed by atoms with Crippen LogP contribution in [0.15, 0.2) is 45.1 Å². The molecule has 0 saturated carbocycles. The molecule has 3 aromatic rings. The van der Waals surface area contributed by atoms with Crippen molar-refractivity contribution in [2.45, 2.75) is 43.4 Å². The Hall–Kier alpha value is -1.91. The van der Waals surface area contributed by atoms with Crippen molar-refractivity contribution in [3.05, 3.63) is 52.0 Å². The summed E-state index contributed by atoms with van der Waals surface area (Å²) < 4.78 is 2.99. The molecule has 0 atom stereocenters. The number of hydrogen-bond acceptors (Lipinski definition) is 7. The number of nitrogens with one attached hydrogen (secondary N) is 1. The molecule has 2 aromatic heterocycles. The fraction of sp³-hybridized carbons (Fsp3) is 0.316. The van der Waals surface area contributed by atoms with E-state index in [-0.39, 0.29) is 11.7 Å². The first-order valence-corrected chi connectivity index (χ1v) is 11.8. The van der Waals surface area contributed by atoms with Gasteiger partial charge in [0, 0.05) is 28.1 Å². The lowest BCUT2D eigenvalue weighted by molar-refractivity contribution is -0.113. The third kappa shape index (κ3) is 6.28. The molecule has 152 valence electrons. The van der Waals surface area contributed by atoms with Gasteiger partial charge in [-0.2, -0.15) is 0 Å². The van der Waals surface area contributed by atoms with E-state index in [1.54, 1.807) is 0 Å². The first kappa shape index (κ1) is 21.8. The highest BCUT2D eigenvalue weighted by Crippen LogP contribution is 2.23. The number of carbonyl (C=O) groups excluding carboxylic acids is 1. The van der Waals surface area contributed by atoms with Crippen molar-refractivity contribution in [1.82, 2.24) is 24.7 Å². The molecule has 1 N–H and O–H groups in total. The SMILES string of the molecule is CCn1c(CSc2nc(C)cc(C)n2)nnc1SCC(=O)Nc1ccc(Br)cc1. The van der Waals surface area contributed by atoms with Crippen LogP contribution in [-0.2, 0) is 17.1 Å². The topological polar surface area (TPSA) is 85.6 Å². The number of amides is 1. The largest absolute Gasteiger partial charge is 0.325 e. The number of benzene rings is 1. The van der Waals surface area contributed by atoms with Gasteiger partial charge in [0.05, 0.1) is 11.5 Å². The minimum absolute atomic E-state index is 0.0810. The van der Waals surface area contributed by atoms with Gasteiger partial charge in [0.25, 0.3) is 0 Å². The van der Waals surface area contributed by atoms with Crippen LogP contribution in [0.3, 0.4) is 0 Å². The second-order valence-electron chi connectivity index (χ2n) is 6.21. The predicted octanol–water partition coefficient (Wildman–Crippen LogP) is 4.49. The highest BCUT2D eigenvalue weighted by molar-refractivity contribution is 9.10. The minimum Gasteiger partial charge on any atom is -0.325 e. The highest BCUT2D eigenvalue weighted by atomic mass is 79.9. The van der Waals surface area contributed by atoms with Crippen LogP contribution in [0.25, 0.3) is 0 Å². The normalized spacial score (nSPS) is 10.9. The van der Waals surface area contributed by atoms with Crippen LogP contribution in [0, 0.1) is 13.8 Å². The number of thioether (sulfide) groups is 2. The standard InChI is InChI=1S/C19H21BrN6OS2/c1-4-26-16(10-28-18-21-12(2)9-13(3)22-18)24-25-19(26)29-11-17(27)23-15-7-5-14(20)6-8-15/h5-9H,4,10-11H2,1-3H3,(H,23,27). The Morgan fingerprint density at radius 3 is 2.45 bits per heavy atom. The van der Waals surface area contributed by atoms with E-state index in [2.05, 4.69) is 41.4 Å². The van der Waals surface area contributed by atoms with Crippen molar-refractivity contribution in [1.29, 1.82) is 0 Å². The van der Waals surface area contributed by atoms with Gasteiger partial charge >= 0.3 is 0 Å². The monoisotopic (exact) mass is 492 g/mol. The summed E-state index contributed by atoms with van der Waals surface area (Å²) >= 11 is 6.29. The molecule has 0 saturated heterocycles. The van der Waals surface area contributed by atoms with E-state index in [9.17, 15) is 4.79 Å². The molecule has 0 aliphatic heterocycles. The first-order chi connectivity index (χ1) is 13.9. The zero-order valence-electron chi connectivity index (χ0n) is 16.3. The van der Waals surface area contributed by atoms with E-state index >= 15 is 0 Å². The van der Waals surface area contributed by atoms with Crippen LogP contribution in [0.1, 0.15) is 24.1 Å². The van der Waals surface area contributed by atoms with Crippen molar-refractivity contribution in [2.75, 3.05) is 11.1 Å². The van der Waals surface area contributed by atoms with E-state index < -0.39 is 0 Å². The molecular formula is C19H21BrN6OS2. The Morgan fingerprint density at radius 2 is 1.79 bits per heavy atom. The number of carbonyl (C=O) groups is 1. The highest BCUT2D eigenvalue weighted by Gasteiger charge is 2.14. The smallest absolute Gasteiger partial charge is 0.234 e. The summed E-state index contributed by atoms with van der Waals surface area (Å²) in [5, 5.41) is 12.9. The summed E-state index contributed by atoms with van der Waals surface area (Å²) in [7, 11) is 0. The average molecular weight is 493 g/mol. The van der Waals surface area contributed by atoms with Crippen LogP contribution in [0.2, 0.25) is 0 Å². The lowest BCUT2D eigenvalue weighted by atomic mass is 10.3. The molecule has 0 aliphatic carbocycles. The summed E-state index contributed by atoms with van der Waals surface area (Å²) in [5.74, 6) is 1.65. The van der Waals surface area contributed by atoms with Crippen molar-refractivity contribution in [2.24, 2.45) is 0 Å². The Labute approximate surface area is 186 Å². The van der Waals surface area contributed by atoms with E-state index in [0.717, 1.165) is 44.2 Å². The Kier molecular flexibility index (Phi) is 7.68. The van der Waals surface area contributed by atoms with Gasteiger partial charge in [-0.1, -0.05) is 39.5 Å². The molecule has 0 unspecified atom stereocenters. The lowest BCUT2D eigenvalue weighted by Crippen LogP contribution is -2.14. The number of hydrogen-bond donors (Lipinski definition) is 1. The number of rotatable bonds is 8. The Bertz CT molecular complexity index is 973. The lowest BCUT2D eigenvalue weighted by Gasteiger charge is -2.08. The van der Waals surface area contributed by atoms with E-state index in [1.165, 1.54) is 23.5 Å². The molecule has 7 nitrogen and oxygen atoms in total. The van der Waals surface area contributed by atoms with Gasteiger partial charge in [0.1, 0.15) is 5.82 Å². The summed E-state index contributed by atoms with van der Waals surface area (Å²) in [6.07, 6.45) is 0. The quantitative estimate of drug-likeness (QED) is 0.366. The Morgan fingerprint density at radius 1 is 1.10 bits per heavy atom. The van der Waals surface area contributed by atoms with Crippen molar-refractivity contribution in [3.63, 3.8) is 0 Å². The summed E-state index contributed by atoms with van der Waals surface area (Å²) in [4.78, 5) is 21.1. The van der Waals surface area contributed by atoms with Crippen LogP contribution in [-0.4, -0.2) is 36.4 Å². The molecule has 0 aliphatic rings. The second-order valence-corrected chi connectivity index (χ2v) is 9.01. The molecule has 0 spiro atoms. The van der Waals surface area contributed by atoms with Gasteiger partial charge < -0.3 is 9.88 Å². The van der Waals surface area contributed by atoms with Gasteiger partial charge in [-0.3, -0.25) is 4.79 Å². The minimum atomic E-state index is -0.0810. The van der Waals surface area contributed by atoms with E-state index in [1.807, 2.05) is 55.7 Å². The van der Waals surface area contributed by atoms with E-state index in [4.69, 9.17) is 0 Å². The van der Waals surface area contributed by atoms with Crippen LogP contribution < -0.4 is 5.32 Å². The van der Waals surface area contributed by atoms with Gasteiger partial charge in [-0.15, -0.1) is 10.2 Å².